The van der Waals surface area contributed by atoms with E-state index in [0.717, 1.165) is 57.1 Å². The molecule has 1 fully saturated rings. The van der Waals surface area contributed by atoms with Gasteiger partial charge in [-0.2, -0.15) is 5.10 Å². The molecule has 28 heavy (non-hydrogen) atoms. The smallest absolute Gasteiger partial charge is 0.242 e. The Morgan fingerprint density at radius 3 is 2.54 bits per heavy atom. The van der Waals surface area contributed by atoms with E-state index in [9.17, 15) is 4.79 Å². The zero-order chi connectivity index (χ0) is 19.9. The fraction of sp³-hybridized carbons (Fsp3) is 0.550. The van der Waals surface area contributed by atoms with E-state index >= 15 is 0 Å². The van der Waals surface area contributed by atoms with E-state index in [2.05, 4.69) is 34.2 Å². The highest BCUT2D eigenvalue weighted by molar-refractivity contribution is 7.71. The summed E-state index contributed by atoms with van der Waals surface area (Å²) in [6.45, 7) is 9.14. The predicted octanol–water partition coefficient (Wildman–Crippen LogP) is 2.64. The fourth-order valence-corrected chi connectivity index (χ4v) is 3.65. The third-order valence-electron chi connectivity index (χ3n) is 4.97. The molecule has 1 aromatic heterocycles. The van der Waals surface area contributed by atoms with Crippen LogP contribution in [0.25, 0.3) is 0 Å². The largest absolute Gasteiger partial charge is 0.494 e. The summed E-state index contributed by atoms with van der Waals surface area (Å²) in [7, 11) is 0. The number of hydrogen-bond donors (Lipinski definition) is 1. The molecule has 0 bridgehead atoms. The minimum absolute atomic E-state index is 0.107. The number of aromatic nitrogens is 3. The van der Waals surface area contributed by atoms with Crippen LogP contribution < -0.4 is 4.74 Å². The first kappa shape index (κ1) is 20.5. The van der Waals surface area contributed by atoms with Gasteiger partial charge < -0.3 is 9.64 Å². The van der Waals surface area contributed by atoms with Gasteiger partial charge in [-0.1, -0.05) is 19.1 Å². The number of aromatic amines is 1. The topological polar surface area (TPSA) is 66.4 Å². The van der Waals surface area contributed by atoms with Crippen LogP contribution in [0.1, 0.15) is 31.7 Å². The minimum Gasteiger partial charge on any atom is -0.494 e. The molecular weight excluding hydrogens is 374 g/mol. The molecule has 1 aliphatic heterocycles. The monoisotopic (exact) mass is 403 g/mol. The normalized spacial score (nSPS) is 15.0. The zero-order valence-corrected chi connectivity index (χ0v) is 17.5. The van der Waals surface area contributed by atoms with E-state index in [1.165, 1.54) is 5.56 Å². The van der Waals surface area contributed by atoms with E-state index in [1.54, 1.807) is 0 Å². The van der Waals surface area contributed by atoms with Crippen LogP contribution in [0.3, 0.4) is 0 Å². The number of piperazine rings is 1. The summed E-state index contributed by atoms with van der Waals surface area (Å²) in [5.41, 5.74) is 1.26. The zero-order valence-electron chi connectivity index (χ0n) is 16.7. The van der Waals surface area contributed by atoms with E-state index in [4.69, 9.17) is 17.0 Å². The number of carbonyl (C=O) groups is 1. The lowest BCUT2D eigenvalue weighted by atomic mass is 10.2. The molecule has 0 aliphatic carbocycles. The lowest BCUT2D eigenvalue weighted by Gasteiger charge is -2.35. The maximum absolute atomic E-state index is 12.7. The van der Waals surface area contributed by atoms with E-state index < -0.39 is 0 Å². The van der Waals surface area contributed by atoms with Crippen molar-refractivity contribution in [3.8, 4) is 5.75 Å². The van der Waals surface area contributed by atoms with Gasteiger partial charge in [0.1, 0.15) is 18.1 Å². The highest BCUT2D eigenvalue weighted by Gasteiger charge is 2.22. The summed E-state index contributed by atoms with van der Waals surface area (Å²) in [5.74, 6) is 1.87. The van der Waals surface area contributed by atoms with Gasteiger partial charge >= 0.3 is 0 Å². The molecule has 0 atom stereocenters. The van der Waals surface area contributed by atoms with Crippen LogP contribution in [0.2, 0.25) is 0 Å². The number of H-pyrrole nitrogens is 1. The maximum atomic E-state index is 12.7. The summed E-state index contributed by atoms with van der Waals surface area (Å²) in [4.78, 5) is 17.0. The molecule has 0 spiro atoms. The minimum atomic E-state index is 0.107. The molecule has 1 saturated heterocycles. The van der Waals surface area contributed by atoms with Gasteiger partial charge in [0.25, 0.3) is 0 Å². The molecule has 0 unspecified atom stereocenters. The van der Waals surface area contributed by atoms with Gasteiger partial charge in [-0.3, -0.25) is 19.4 Å². The molecule has 2 aromatic rings. The average molecular weight is 404 g/mol. The van der Waals surface area contributed by atoms with Gasteiger partial charge in [-0.25, -0.2) is 0 Å². The number of nitrogens with one attached hydrogen (secondary N) is 1. The summed E-state index contributed by atoms with van der Waals surface area (Å²) in [5, 5.41) is 7.04. The molecule has 0 radical (unpaired) electrons. The predicted molar refractivity (Wildman–Crippen MR) is 111 cm³/mol. The van der Waals surface area contributed by atoms with Crippen LogP contribution in [0.5, 0.6) is 5.75 Å². The number of hydrogen-bond acceptors (Lipinski definition) is 5. The van der Waals surface area contributed by atoms with Gasteiger partial charge in [-0.15, -0.1) is 0 Å². The van der Waals surface area contributed by atoms with Crippen molar-refractivity contribution in [2.75, 3.05) is 32.8 Å². The fourth-order valence-electron chi connectivity index (χ4n) is 3.43. The van der Waals surface area contributed by atoms with Crippen molar-refractivity contribution in [3.05, 3.63) is 40.4 Å². The quantitative estimate of drug-likeness (QED) is 0.687. The number of rotatable bonds is 8. The van der Waals surface area contributed by atoms with Crippen molar-refractivity contribution in [1.29, 1.82) is 0 Å². The highest BCUT2D eigenvalue weighted by atomic mass is 32.1. The van der Waals surface area contributed by atoms with Crippen molar-refractivity contribution in [2.45, 2.75) is 39.8 Å². The van der Waals surface area contributed by atoms with E-state index in [-0.39, 0.29) is 12.5 Å². The average Bonchev–Trinajstić information content (AvgIpc) is 3.04. The van der Waals surface area contributed by atoms with Gasteiger partial charge in [-0.05, 0) is 43.3 Å². The van der Waals surface area contributed by atoms with Crippen molar-refractivity contribution >= 4 is 18.1 Å². The van der Waals surface area contributed by atoms with Crippen molar-refractivity contribution < 1.29 is 9.53 Å². The Labute approximate surface area is 171 Å². The maximum Gasteiger partial charge on any atom is 0.242 e. The van der Waals surface area contributed by atoms with Gasteiger partial charge in [0.05, 0.1) is 6.61 Å². The molecule has 1 amide bonds. The lowest BCUT2D eigenvalue weighted by Crippen LogP contribution is -2.49. The first-order chi connectivity index (χ1) is 13.6. The second-order valence-electron chi connectivity index (χ2n) is 7.02. The van der Waals surface area contributed by atoms with Crippen LogP contribution in [0.4, 0.5) is 0 Å². The first-order valence-corrected chi connectivity index (χ1v) is 10.4. The third-order valence-corrected chi connectivity index (χ3v) is 5.28. The summed E-state index contributed by atoms with van der Waals surface area (Å²) in [6, 6.07) is 8.25. The molecule has 8 heteroatoms. The Kier molecular flexibility index (Phi) is 7.22. The number of amides is 1. The molecule has 2 heterocycles. The summed E-state index contributed by atoms with van der Waals surface area (Å²) < 4.78 is 7.84. The lowest BCUT2D eigenvalue weighted by molar-refractivity contribution is -0.133. The number of aryl methyl sites for hydroxylation is 1. The standard InChI is InChI=1S/C20H29N5O2S/c1-3-5-18-21-22-20(28)25(18)15-19(26)24-12-10-23(11-13-24)14-16-6-8-17(9-7-16)27-4-2/h6-9H,3-5,10-15H2,1-2H3,(H,22,28). The summed E-state index contributed by atoms with van der Waals surface area (Å²) >= 11 is 5.28. The molecule has 0 saturated carbocycles. The molecule has 1 N–H and O–H groups in total. The highest BCUT2D eigenvalue weighted by Crippen LogP contribution is 2.15. The number of nitrogens with zero attached hydrogens (tertiary/aromatic N) is 4. The van der Waals surface area contributed by atoms with Crippen LogP contribution >= 0.6 is 12.2 Å². The SMILES string of the molecule is CCCc1n[nH]c(=S)n1CC(=O)N1CCN(Cc2ccc(OCC)cc2)CC1. The number of benzene rings is 1. The molecule has 3 rings (SSSR count). The Hall–Kier alpha value is -2.19. The van der Waals surface area contributed by atoms with Gasteiger partial charge in [0.15, 0.2) is 4.77 Å². The third kappa shape index (κ3) is 5.20. The van der Waals surface area contributed by atoms with Crippen LogP contribution in [-0.4, -0.2) is 63.3 Å². The van der Waals surface area contributed by atoms with E-state index in [1.807, 2.05) is 28.5 Å². The van der Waals surface area contributed by atoms with Crippen molar-refractivity contribution in [2.24, 2.45) is 0 Å². The Morgan fingerprint density at radius 1 is 1.18 bits per heavy atom. The van der Waals surface area contributed by atoms with Crippen LogP contribution in [0, 0.1) is 4.77 Å². The number of carbonyl (C=O) groups excluding carboxylic acids is 1. The molecule has 1 aliphatic rings. The van der Waals surface area contributed by atoms with E-state index in [0.29, 0.717) is 11.4 Å². The Balaban J connectivity index is 1.50. The van der Waals surface area contributed by atoms with Gasteiger partial charge in [0, 0.05) is 39.1 Å². The van der Waals surface area contributed by atoms with Crippen molar-refractivity contribution in [1.82, 2.24) is 24.6 Å². The van der Waals surface area contributed by atoms with Crippen molar-refractivity contribution in [3.63, 3.8) is 0 Å². The first-order valence-electron chi connectivity index (χ1n) is 9.96. The molecule has 7 nitrogen and oxygen atoms in total. The molecule has 1 aromatic carbocycles. The van der Waals surface area contributed by atoms with Crippen LogP contribution in [-0.2, 0) is 24.3 Å². The summed E-state index contributed by atoms with van der Waals surface area (Å²) in [6.07, 6.45) is 1.79. The Bertz CT molecular complexity index is 822. The second-order valence-corrected chi connectivity index (χ2v) is 7.40. The number of ether oxygens (including phenoxy) is 1. The van der Waals surface area contributed by atoms with Crippen LogP contribution in [0.15, 0.2) is 24.3 Å². The molecular formula is C20H29N5O2S. The van der Waals surface area contributed by atoms with Gasteiger partial charge in [0.2, 0.25) is 5.91 Å². The second kappa shape index (κ2) is 9.84. The molecule has 152 valence electrons. The Morgan fingerprint density at radius 2 is 1.89 bits per heavy atom.